The number of ether oxygens (including phenoxy) is 1. The number of aromatic nitrogens is 2. The molecular weight excluding hydrogens is 435 g/mol. The maximum absolute atomic E-state index is 13.6. The molecule has 3 aromatic rings. The molecule has 1 atom stereocenters. The van der Waals surface area contributed by atoms with Gasteiger partial charge in [0.2, 0.25) is 0 Å². The van der Waals surface area contributed by atoms with Gasteiger partial charge in [-0.15, -0.1) is 11.3 Å². The van der Waals surface area contributed by atoms with Crippen molar-refractivity contribution in [2.24, 2.45) is 0 Å². The smallest absolute Gasteiger partial charge is 0.263 e. The number of ketones is 1. The third-order valence-corrected chi connectivity index (χ3v) is 8.11. The summed E-state index contributed by atoms with van der Waals surface area (Å²) in [5.41, 5.74) is 1.61. The fourth-order valence-corrected chi connectivity index (χ4v) is 6.54. The molecule has 0 radical (unpaired) electrons. The Morgan fingerprint density at radius 1 is 1.23 bits per heavy atom. The third kappa shape index (κ3) is 4.21. The first-order chi connectivity index (χ1) is 15.1. The lowest BCUT2D eigenvalue weighted by molar-refractivity contribution is 0.0937. The number of benzene rings is 1. The average Bonchev–Trinajstić information content (AvgIpc) is 3.42. The quantitative estimate of drug-likeness (QED) is 0.306. The number of fused-ring (bicyclic) bond motifs is 3. The highest BCUT2D eigenvalue weighted by atomic mass is 32.2. The fourth-order valence-electron chi connectivity index (χ4n) is 4.33. The van der Waals surface area contributed by atoms with Crippen molar-refractivity contribution < 1.29 is 13.9 Å². The molecule has 2 aromatic heterocycles. The number of carbonyl (C=O) groups is 1. The van der Waals surface area contributed by atoms with Crippen molar-refractivity contribution in [3.63, 3.8) is 0 Å². The fraction of sp³-hybridized carbons (Fsp3) is 0.435. The Bertz CT molecular complexity index is 1180. The molecule has 0 spiro atoms. The minimum Gasteiger partial charge on any atom is -0.376 e. The SMILES string of the molecule is O=C(CSc1nc2sc3c(c2c(=O)n1CC1CCCO1)CCCC3)c1ccc(F)cc1. The van der Waals surface area contributed by atoms with Crippen molar-refractivity contribution >= 4 is 39.1 Å². The van der Waals surface area contributed by atoms with E-state index in [1.165, 1.54) is 46.5 Å². The minimum atomic E-state index is -0.372. The summed E-state index contributed by atoms with van der Waals surface area (Å²) in [7, 11) is 0. The van der Waals surface area contributed by atoms with Gasteiger partial charge in [-0.3, -0.25) is 14.2 Å². The van der Waals surface area contributed by atoms with Gasteiger partial charge in [-0.1, -0.05) is 11.8 Å². The van der Waals surface area contributed by atoms with E-state index >= 15 is 0 Å². The van der Waals surface area contributed by atoms with Crippen LogP contribution in [0.1, 0.15) is 46.5 Å². The summed E-state index contributed by atoms with van der Waals surface area (Å²) >= 11 is 2.89. The van der Waals surface area contributed by atoms with Crippen molar-refractivity contribution in [2.45, 2.75) is 56.3 Å². The molecule has 1 saturated heterocycles. The molecule has 1 fully saturated rings. The highest BCUT2D eigenvalue weighted by Crippen LogP contribution is 2.35. The summed E-state index contributed by atoms with van der Waals surface area (Å²) in [5.74, 6) is -0.350. The molecule has 8 heteroatoms. The molecule has 0 N–H and O–H groups in total. The highest BCUT2D eigenvalue weighted by molar-refractivity contribution is 7.99. The van der Waals surface area contributed by atoms with Crippen LogP contribution in [-0.4, -0.2) is 33.8 Å². The lowest BCUT2D eigenvalue weighted by Crippen LogP contribution is -2.29. The molecule has 1 unspecified atom stereocenters. The first kappa shape index (κ1) is 20.8. The summed E-state index contributed by atoms with van der Waals surface area (Å²) in [6.45, 7) is 1.17. The molecule has 0 saturated carbocycles. The number of nitrogens with zero attached hydrogens (tertiary/aromatic N) is 2. The van der Waals surface area contributed by atoms with Crippen molar-refractivity contribution in [1.82, 2.24) is 9.55 Å². The van der Waals surface area contributed by atoms with E-state index < -0.39 is 0 Å². The summed E-state index contributed by atoms with van der Waals surface area (Å²) in [6, 6.07) is 5.54. The Kier molecular flexibility index (Phi) is 5.95. The second-order valence-electron chi connectivity index (χ2n) is 8.05. The second kappa shape index (κ2) is 8.84. The van der Waals surface area contributed by atoms with Crippen molar-refractivity contribution in [3.05, 3.63) is 56.4 Å². The van der Waals surface area contributed by atoms with E-state index in [-0.39, 0.29) is 29.0 Å². The summed E-state index contributed by atoms with van der Waals surface area (Å²) in [5, 5.41) is 1.31. The van der Waals surface area contributed by atoms with Gasteiger partial charge in [0.25, 0.3) is 5.56 Å². The molecule has 5 rings (SSSR count). The van der Waals surface area contributed by atoms with Gasteiger partial charge in [0, 0.05) is 17.0 Å². The minimum absolute atomic E-state index is 0.00133. The number of rotatable bonds is 6. The first-order valence-corrected chi connectivity index (χ1v) is 12.5. The Morgan fingerprint density at radius 3 is 2.81 bits per heavy atom. The zero-order valence-electron chi connectivity index (χ0n) is 17.1. The molecule has 0 amide bonds. The van der Waals surface area contributed by atoms with Gasteiger partial charge in [0.1, 0.15) is 10.6 Å². The molecular formula is C23H23FN2O3S2. The lowest BCUT2D eigenvalue weighted by Gasteiger charge is -2.16. The van der Waals surface area contributed by atoms with Crippen LogP contribution in [-0.2, 0) is 24.1 Å². The molecule has 0 bridgehead atoms. The van der Waals surface area contributed by atoms with Gasteiger partial charge in [-0.25, -0.2) is 9.37 Å². The van der Waals surface area contributed by atoms with Crippen LogP contribution in [0, 0.1) is 5.82 Å². The first-order valence-electron chi connectivity index (χ1n) is 10.7. The standard InChI is InChI=1S/C23H23FN2O3S2/c24-15-9-7-14(8-10-15)18(27)13-30-23-25-21-20(17-5-1-2-6-19(17)31-21)22(28)26(23)12-16-4-3-11-29-16/h7-10,16H,1-6,11-13H2. The van der Waals surface area contributed by atoms with Crippen LogP contribution < -0.4 is 5.56 Å². The van der Waals surface area contributed by atoms with Gasteiger partial charge < -0.3 is 4.74 Å². The molecule has 2 aliphatic rings. The number of hydrogen-bond donors (Lipinski definition) is 0. The van der Waals surface area contributed by atoms with Gasteiger partial charge >= 0.3 is 0 Å². The lowest BCUT2D eigenvalue weighted by atomic mass is 9.97. The van der Waals surface area contributed by atoms with Crippen molar-refractivity contribution in [3.8, 4) is 0 Å². The monoisotopic (exact) mass is 458 g/mol. The van der Waals surface area contributed by atoms with Crippen LogP contribution >= 0.6 is 23.1 Å². The van der Waals surface area contributed by atoms with Crippen LogP contribution in [0.3, 0.4) is 0 Å². The number of thiophene rings is 1. The maximum Gasteiger partial charge on any atom is 0.263 e. The van der Waals surface area contributed by atoms with Crippen LogP contribution in [0.2, 0.25) is 0 Å². The topological polar surface area (TPSA) is 61.2 Å². The van der Waals surface area contributed by atoms with E-state index in [1.54, 1.807) is 15.9 Å². The number of carbonyl (C=O) groups excluding carboxylic acids is 1. The van der Waals surface area contributed by atoms with Crippen molar-refractivity contribution in [1.29, 1.82) is 0 Å². The van der Waals surface area contributed by atoms with Crippen LogP contribution in [0.15, 0.2) is 34.2 Å². The molecule has 3 heterocycles. The molecule has 1 aliphatic heterocycles. The normalized spacial score (nSPS) is 18.4. The van der Waals surface area contributed by atoms with Gasteiger partial charge in [0.05, 0.1) is 23.8 Å². The summed E-state index contributed by atoms with van der Waals surface area (Å²) in [4.78, 5) is 33.1. The number of Topliss-reactive ketones (excluding diaryl/α,β-unsaturated/α-hetero) is 1. The largest absolute Gasteiger partial charge is 0.376 e. The number of hydrogen-bond acceptors (Lipinski definition) is 6. The zero-order chi connectivity index (χ0) is 21.4. The summed E-state index contributed by atoms with van der Waals surface area (Å²) in [6.07, 6.45) is 6.11. The van der Waals surface area contributed by atoms with Crippen LogP contribution in [0.4, 0.5) is 4.39 Å². The third-order valence-electron chi connectivity index (χ3n) is 5.95. The predicted octanol–water partition coefficient (Wildman–Crippen LogP) is 4.63. The second-order valence-corrected chi connectivity index (χ2v) is 10.1. The van der Waals surface area contributed by atoms with E-state index in [4.69, 9.17) is 9.72 Å². The van der Waals surface area contributed by atoms with Crippen molar-refractivity contribution in [2.75, 3.05) is 12.4 Å². The Balaban J connectivity index is 1.49. The number of halogens is 1. The van der Waals surface area contributed by atoms with E-state index in [2.05, 4.69) is 0 Å². The Labute approximate surface area is 187 Å². The van der Waals surface area contributed by atoms with Crippen LogP contribution in [0.5, 0.6) is 0 Å². The Hall–Kier alpha value is -2.03. The Morgan fingerprint density at radius 2 is 2.03 bits per heavy atom. The summed E-state index contributed by atoms with van der Waals surface area (Å²) < 4.78 is 20.7. The zero-order valence-corrected chi connectivity index (χ0v) is 18.7. The molecule has 31 heavy (non-hydrogen) atoms. The number of thioether (sulfide) groups is 1. The van der Waals surface area contributed by atoms with Crippen LogP contribution in [0.25, 0.3) is 10.2 Å². The van der Waals surface area contributed by atoms with E-state index in [0.29, 0.717) is 23.9 Å². The molecule has 1 aliphatic carbocycles. The highest BCUT2D eigenvalue weighted by Gasteiger charge is 2.25. The predicted molar refractivity (Wildman–Crippen MR) is 121 cm³/mol. The van der Waals surface area contributed by atoms with E-state index in [9.17, 15) is 14.0 Å². The molecule has 162 valence electrons. The number of aryl methyl sites for hydroxylation is 2. The van der Waals surface area contributed by atoms with Gasteiger partial charge in [-0.2, -0.15) is 0 Å². The maximum atomic E-state index is 13.6. The van der Waals surface area contributed by atoms with Gasteiger partial charge in [-0.05, 0) is 68.4 Å². The molecule has 5 nitrogen and oxygen atoms in total. The average molecular weight is 459 g/mol. The van der Waals surface area contributed by atoms with Gasteiger partial charge in [0.15, 0.2) is 10.9 Å². The molecule has 1 aromatic carbocycles. The van der Waals surface area contributed by atoms with E-state index in [1.807, 2.05) is 0 Å². The van der Waals surface area contributed by atoms with E-state index in [0.717, 1.165) is 48.7 Å².